The van der Waals surface area contributed by atoms with Gasteiger partial charge in [0.1, 0.15) is 18.5 Å². The number of carbonyl (C=O) groups excluding carboxylic acids is 1. The smallest absolute Gasteiger partial charge is 0.217 e. The zero-order chi connectivity index (χ0) is 15.0. The van der Waals surface area contributed by atoms with E-state index in [1.807, 2.05) is 38.1 Å². The van der Waals surface area contributed by atoms with Crippen LogP contribution >= 0.6 is 0 Å². The topological polar surface area (TPSA) is 70.6 Å². The van der Waals surface area contributed by atoms with Gasteiger partial charge in [-0.2, -0.15) is 0 Å². The highest BCUT2D eigenvalue weighted by molar-refractivity contribution is 5.72. The molecule has 0 saturated heterocycles. The maximum atomic E-state index is 10.9. The second kappa shape index (κ2) is 8.55. The number of amides is 1. The SMILES string of the molecule is CC(=O)NCc1cccc(OC[C@@H](O)CNC(C)C)c1. The summed E-state index contributed by atoms with van der Waals surface area (Å²) in [6.07, 6.45) is -0.545. The maximum Gasteiger partial charge on any atom is 0.217 e. The molecule has 0 saturated carbocycles. The van der Waals surface area contributed by atoms with Crippen molar-refractivity contribution in [1.82, 2.24) is 10.6 Å². The predicted octanol–water partition coefficient (Wildman–Crippen LogP) is 1.06. The fraction of sp³-hybridized carbons (Fsp3) is 0.533. The molecule has 3 N–H and O–H groups in total. The Hall–Kier alpha value is -1.59. The highest BCUT2D eigenvalue weighted by atomic mass is 16.5. The Bertz CT molecular complexity index is 421. The van der Waals surface area contributed by atoms with Gasteiger partial charge in [0.25, 0.3) is 0 Å². The first-order chi connectivity index (χ1) is 9.47. The number of carbonyl (C=O) groups is 1. The van der Waals surface area contributed by atoms with E-state index in [-0.39, 0.29) is 12.5 Å². The van der Waals surface area contributed by atoms with Gasteiger partial charge in [0, 0.05) is 26.1 Å². The molecule has 0 aliphatic rings. The third-order valence-corrected chi connectivity index (χ3v) is 2.64. The van der Waals surface area contributed by atoms with Crippen LogP contribution in [0.3, 0.4) is 0 Å². The fourth-order valence-electron chi connectivity index (χ4n) is 1.59. The van der Waals surface area contributed by atoms with Gasteiger partial charge < -0.3 is 20.5 Å². The van der Waals surface area contributed by atoms with E-state index in [0.29, 0.717) is 24.9 Å². The summed E-state index contributed by atoms with van der Waals surface area (Å²) in [6.45, 7) is 6.76. The van der Waals surface area contributed by atoms with Crippen molar-refractivity contribution in [3.05, 3.63) is 29.8 Å². The van der Waals surface area contributed by atoms with Crippen molar-refractivity contribution >= 4 is 5.91 Å². The average Bonchev–Trinajstić information content (AvgIpc) is 2.41. The number of hydrogen-bond acceptors (Lipinski definition) is 4. The van der Waals surface area contributed by atoms with Crippen LogP contribution in [-0.2, 0) is 11.3 Å². The molecule has 0 fully saturated rings. The first-order valence-corrected chi connectivity index (χ1v) is 6.85. The molecule has 0 bridgehead atoms. The van der Waals surface area contributed by atoms with Crippen molar-refractivity contribution in [2.45, 2.75) is 39.5 Å². The van der Waals surface area contributed by atoms with Crippen LogP contribution in [0.1, 0.15) is 26.3 Å². The third-order valence-electron chi connectivity index (χ3n) is 2.64. The minimum Gasteiger partial charge on any atom is -0.491 e. The minimum atomic E-state index is -0.545. The normalized spacial score (nSPS) is 12.2. The lowest BCUT2D eigenvalue weighted by Crippen LogP contribution is -2.35. The second-order valence-corrected chi connectivity index (χ2v) is 5.08. The number of nitrogens with one attached hydrogen (secondary N) is 2. The fourth-order valence-corrected chi connectivity index (χ4v) is 1.59. The number of aliphatic hydroxyl groups excluding tert-OH is 1. The molecule has 1 rings (SSSR count). The van der Waals surface area contributed by atoms with E-state index in [4.69, 9.17) is 4.74 Å². The van der Waals surface area contributed by atoms with E-state index >= 15 is 0 Å². The predicted molar refractivity (Wildman–Crippen MR) is 78.6 cm³/mol. The Labute approximate surface area is 120 Å². The van der Waals surface area contributed by atoms with Gasteiger partial charge in [0.05, 0.1) is 0 Å². The summed E-state index contributed by atoms with van der Waals surface area (Å²) in [7, 11) is 0. The number of hydrogen-bond donors (Lipinski definition) is 3. The van der Waals surface area contributed by atoms with Gasteiger partial charge in [0.2, 0.25) is 5.91 Å². The van der Waals surface area contributed by atoms with Crippen molar-refractivity contribution in [1.29, 1.82) is 0 Å². The van der Waals surface area contributed by atoms with Gasteiger partial charge in [0.15, 0.2) is 0 Å². The standard InChI is InChI=1S/C15H24N2O3/c1-11(2)16-9-14(19)10-20-15-6-4-5-13(7-15)8-17-12(3)18/h4-7,11,14,16,19H,8-10H2,1-3H3,(H,17,18)/t14-/m0/s1. The van der Waals surface area contributed by atoms with Gasteiger partial charge in [-0.1, -0.05) is 26.0 Å². The van der Waals surface area contributed by atoms with Crippen LogP contribution < -0.4 is 15.4 Å². The van der Waals surface area contributed by atoms with Crippen LogP contribution in [0.15, 0.2) is 24.3 Å². The van der Waals surface area contributed by atoms with Gasteiger partial charge in [-0.15, -0.1) is 0 Å². The van der Waals surface area contributed by atoms with Crippen molar-refractivity contribution in [2.24, 2.45) is 0 Å². The van der Waals surface area contributed by atoms with Gasteiger partial charge >= 0.3 is 0 Å². The Balaban J connectivity index is 2.39. The van der Waals surface area contributed by atoms with E-state index in [1.165, 1.54) is 6.92 Å². The minimum absolute atomic E-state index is 0.0634. The summed E-state index contributed by atoms with van der Waals surface area (Å²) >= 11 is 0. The van der Waals surface area contributed by atoms with Crippen molar-refractivity contribution in [2.75, 3.05) is 13.2 Å². The van der Waals surface area contributed by atoms with E-state index in [9.17, 15) is 9.90 Å². The number of benzene rings is 1. The van der Waals surface area contributed by atoms with Crippen molar-refractivity contribution in [3.63, 3.8) is 0 Å². The molecule has 20 heavy (non-hydrogen) atoms. The highest BCUT2D eigenvalue weighted by Gasteiger charge is 2.06. The van der Waals surface area contributed by atoms with Gasteiger partial charge in [-0.3, -0.25) is 4.79 Å². The molecule has 0 aliphatic carbocycles. The van der Waals surface area contributed by atoms with Gasteiger partial charge in [-0.25, -0.2) is 0 Å². The molecule has 0 aromatic heterocycles. The first kappa shape index (κ1) is 16.5. The molecular formula is C15H24N2O3. The Morgan fingerprint density at radius 1 is 1.40 bits per heavy atom. The van der Waals surface area contributed by atoms with Crippen LogP contribution in [0.25, 0.3) is 0 Å². The van der Waals surface area contributed by atoms with Gasteiger partial charge in [-0.05, 0) is 17.7 Å². The lowest BCUT2D eigenvalue weighted by molar-refractivity contribution is -0.119. The largest absolute Gasteiger partial charge is 0.491 e. The Morgan fingerprint density at radius 3 is 2.80 bits per heavy atom. The number of rotatable bonds is 8. The summed E-state index contributed by atoms with van der Waals surface area (Å²) in [5.74, 6) is 0.628. The summed E-state index contributed by atoms with van der Waals surface area (Å²) in [5, 5.41) is 15.6. The molecule has 5 heteroatoms. The van der Waals surface area contributed by atoms with Crippen LogP contribution in [-0.4, -0.2) is 36.3 Å². The van der Waals surface area contributed by atoms with Crippen LogP contribution in [0, 0.1) is 0 Å². The lowest BCUT2D eigenvalue weighted by Gasteiger charge is -2.15. The Morgan fingerprint density at radius 2 is 2.15 bits per heavy atom. The molecule has 1 aromatic rings. The molecule has 0 spiro atoms. The zero-order valence-corrected chi connectivity index (χ0v) is 12.3. The highest BCUT2D eigenvalue weighted by Crippen LogP contribution is 2.13. The van der Waals surface area contributed by atoms with Crippen LogP contribution in [0.4, 0.5) is 0 Å². The second-order valence-electron chi connectivity index (χ2n) is 5.08. The Kier molecular flexibility index (Phi) is 7.04. The third kappa shape index (κ3) is 7.11. The molecule has 0 aliphatic heterocycles. The van der Waals surface area contributed by atoms with Crippen molar-refractivity contribution < 1.29 is 14.6 Å². The molecule has 1 amide bonds. The van der Waals surface area contributed by atoms with Crippen LogP contribution in [0.5, 0.6) is 5.75 Å². The first-order valence-electron chi connectivity index (χ1n) is 6.85. The number of ether oxygens (including phenoxy) is 1. The molecule has 5 nitrogen and oxygen atoms in total. The molecule has 0 radical (unpaired) electrons. The molecule has 0 unspecified atom stereocenters. The van der Waals surface area contributed by atoms with Crippen molar-refractivity contribution in [3.8, 4) is 5.75 Å². The summed E-state index contributed by atoms with van der Waals surface area (Å²) < 4.78 is 5.54. The van der Waals surface area contributed by atoms with E-state index in [0.717, 1.165) is 5.56 Å². The number of aliphatic hydroxyl groups is 1. The summed E-state index contributed by atoms with van der Waals surface area (Å²) in [4.78, 5) is 10.9. The molecule has 1 atom stereocenters. The summed E-state index contributed by atoms with van der Waals surface area (Å²) in [5.41, 5.74) is 0.965. The molecule has 0 heterocycles. The van der Waals surface area contributed by atoms with E-state index < -0.39 is 6.10 Å². The van der Waals surface area contributed by atoms with E-state index in [2.05, 4.69) is 10.6 Å². The zero-order valence-electron chi connectivity index (χ0n) is 12.3. The average molecular weight is 280 g/mol. The molecule has 112 valence electrons. The molecular weight excluding hydrogens is 256 g/mol. The van der Waals surface area contributed by atoms with E-state index in [1.54, 1.807) is 0 Å². The quantitative estimate of drug-likeness (QED) is 0.666. The lowest BCUT2D eigenvalue weighted by atomic mass is 10.2. The maximum absolute atomic E-state index is 10.9. The summed E-state index contributed by atoms with van der Waals surface area (Å²) in [6, 6.07) is 7.81. The molecule has 1 aromatic carbocycles. The monoisotopic (exact) mass is 280 g/mol. The van der Waals surface area contributed by atoms with Crippen LogP contribution in [0.2, 0.25) is 0 Å².